The highest BCUT2D eigenvalue weighted by atomic mass is 16.5. The van der Waals surface area contributed by atoms with Gasteiger partial charge in [0.25, 0.3) is 0 Å². The van der Waals surface area contributed by atoms with Crippen molar-refractivity contribution in [1.82, 2.24) is 29.5 Å². The molecule has 6 aromatic carbocycles. The van der Waals surface area contributed by atoms with Gasteiger partial charge in [-0.25, -0.2) is 19.0 Å². The van der Waals surface area contributed by atoms with Crippen molar-refractivity contribution in [1.29, 1.82) is 0 Å². The highest BCUT2D eigenvalue weighted by molar-refractivity contribution is 6.08. The summed E-state index contributed by atoms with van der Waals surface area (Å²) in [4.78, 5) is 46.8. The molecule has 84 heavy (non-hydrogen) atoms. The third-order valence-corrected chi connectivity index (χ3v) is 13.4. The van der Waals surface area contributed by atoms with Gasteiger partial charge in [0.1, 0.15) is 43.0 Å². The number of rotatable bonds is 15. The molecule has 10 aromatic rings. The fourth-order valence-corrected chi connectivity index (χ4v) is 8.85. The Morgan fingerprint density at radius 3 is 1.38 bits per heavy atom. The van der Waals surface area contributed by atoms with Gasteiger partial charge in [0.15, 0.2) is 0 Å². The molecular weight excluding hydrogens is 1060 g/mol. The van der Waals surface area contributed by atoms with Crippen molar-refractivity contribution in [2.75, 3.05) is 46.0 Å². The number of ether oxygens (including phenoxy) is 3. The van der Waals surface area contributed by atoms with E-state index in [0.29, 0.717) is 52.5 Å². The van der Waals surface area contributed by atoms with Crippen LogP contribution in [0.2, 0.25) is 0 Å². The van der Waals surface area contributed by atoms with Crippen LogP contribution in [0.15, 0.2) is 170 Å². The number of hydrogen-bond acceptors (Lipinski definition) is 11. The average Bonchev–Trinajstić information content (AvgIpc) is 4.34. The summed E-state index contributed by atoms with van der Waals surface area (Å²) in [6.07, 6.45) is 6.51. The molecule has 0 aliphatic heterocycles. The number of nitrogens with zero attached hydrogens (tertiary/aromatic N) is 6. The molecule has 432 valence electrons. The monoisotopic (exact) mass is 1130 g/mol. The predicted molar refractivity (Wildman–Crippen MR) is 336 cm³/mol. The molecule has 0 saturated carbocycles. The van der Waals surface area contributed by atoms with Gasteiger partial charge >= 0.3 is 12.1 Å². The smallest absolute Gasteiger partial charge is 0.324 e. The molecule has 7 N–H and O–H groups in total. The number of carbonyl (C=O) groups is 3. The Hall–Kier alpha value is -10.1. The van der Waals surface area contributed by atoms with E-state index in [1.165, 1.54) is 7.11 Å². The van der Waals surface area contributed by atoms with Crippen LogP contribution in [0.5, 0.6) is 11.5 Å². The molecule has 5 amide bonds. The lowest BCUT2D eigenvalue weighted by atomic mass is 9.92. The summed E-state index contributed by atoms with van der Waals surface area (Å²) >= 11 is 0. The first-order valence-corrected chi connectivity index (χ1v) is 27.0. The maximum absolute atomic E-state index is 13.3. The fraction of sp³-hybridized carbons (Fsp3) is 0.227. The third-order valence-electron chi connectivity index (χ3n) is 13.4. The number of aryl methyl sites for hydroxylation is 2. The van der Waals surface area contributed by atoms with E-state index in [1.54, 1.807) is 40.2 Å². The lowest BCUT2D eigenvalue weighted by molar-refractivity contribution is -0.119. The van der Waals surface area contributed by atoms with Crippen LogP contribution in [0.1, 0.15) is 82.6 Å². The number of nitrogens with one attached hydrogen (secondary N) is 5. The standard InChI is InChI=1S/C34H36N6O4.C31H32N6O2.CH4/c1-22-10-12-24(13-11-22)40-31(18-30(39-40)34(2,3)4)38-33(42)37-27-14-15-29(26-9-7-6-8-25(26)27)44-20-23-16-17-35-19-28(23)36-32(41)21-43-5;1-20-9-11-22(12-10-20)37-29(17-28(36-37)31(2,3)4)35-30(38)34-26-13-14-27(24-8-6-5-7-23(24)26)39-19-21-15-16-33-18-25(21)32;/h6-19H,20-21H2,1-5H3,(H,36,41)(H2,37,38,42);5-18H,19,32H2,1-4H3,(H2,34,35,38);1H4. The van der Waals surface area contributed by atoms with Crippen molar-refractivity contribution in [2.24, 2.45) is 0 Å². The molecular formula is C66H72N12O6. The SMILES string of the molecule is C.COCC(=O)Nc1cnccc1COc1ccc(NC(=O)Nc2cc(C(C)(C)C)nn2-c2ccc(C)cc2)c2ccccc12.Cc1ccc(-n2nc(C(C)(C)C)cc2NC(=O)Nc2ccc(OCc3ccncc3N)c3ccccc23)cc1. The van der Waals surface area contributed by atoms with Crippen LogP contribution in [0.4, 0.5) is 44.0 Å². The molecule has 0 fully saturated rings. The molecule has 0 aliphatic rings. The topological polar surface area (TPSA) is 226 Å². The average molecular weight is 1130 g/mol. The molecule has 0 bridgehead atoms. The maximum Gasteiger partial charge on any atom is 0.324 e. The van der Waals surface area contributed by atoms with Crippen LogP contribution >= 0.6 is 0 Å². The number of pyridine rings is 2. The summed E-state index contributed by atoms with van der Waals surface area (Å²) in [6, 6.07) is 45.5. The number of aromatic nitrogens is 6. The lowest BCUT2D eigenvalue weighted by Crippen LogP contribution is -2.21. The molecule has 4 aromatic heterocycles. The van der Waals surface area contributed by atoms with Gasteiger partial charge in [-0.15, -0.1) is 0 Å². The Morgan fingerprint density at radius 1 is 0.512 bits per heavy atom. The van der Waals surface area contributed by atoms with E-state index in [0.717, 1.165) is 66.6 Å². The van der Waals surface area contributed by atoms with Crippen LogP contribution in [-0.4, -0.2) is 61.2 Å². The minimum absolute atomic E-state index is 0. The Balaban J connectivity index is 0.000000218. The van der Waals surface area contributed by atoms with Gasteiger partial charge in [-0.1, -0.05) is 133 Å². The van der Waals surface area contributed by atoms with Crippen molar-refractivity contribution in [3.63, 3.8) is 0 Å². The molecule has 4 heterocycles. The lowest BCUT2D eigenvalue weighted by Gasteiger charge is -2.15. The third kappa shape index (κ3) is 14.7. The van der Waals surface area contributed by atoms with Crippen molar-refractivity contribution < 1.29 is 28.6 Å². The molecule has 18 heteroatoms. The highest BCUT2D eigenvalue weighted by Gasteiger charge is 2.24. The van der Waals surface area contributed by atoms with E-state index in [-0.39, 0.29) is 43.4 Å². The molecule has 0 radical (unpaired) electrons. The molecule has 0 atom stereocenters. The number of hydrogen-bond donors (Lipinski definition) is 6. The van der Waals surface area contributed by atoms with Gasteiger partial charge < -0.3 is 35.9 Å². The van der Waals surface area contributed by atoms with Crippen molar-refractivity contribution >= 4 is 73.9 Å². The van der Waals surface area contributed by atoms with Crippen LogP contribution in [-0.2, 0) is 33.6 Å². The minimum atomic E-state index is -0.397. The number of nitrogen functional groups attached to an aromatic ring is 1. The van der Waals surface area contributed by atoms with E-state index < -0.39 is 6.03 Å². The highest BCUT2D eigenvalue weighted by Crippen LogP contribution is 2.35. The summed E-state index contributed by atoms with van der Waals surface area (Å²) in [5.41, 5.74) is 15.4. The Kier molecular flexibility index (Phi) is 18.8. The molecule has 0 spiro atoms. The second-order valence-corrected chi connectivity index (χ2v) is 22.0. The number of methoxy groups -OCH3 is 1. The molecule has 0 aliphatic carbocycles. The quantitative estimate of drug-likeness (QED) is 0.0566. The number of anilines is 6. The maximum atomic E-state index is 13.3. The van der Waals surface area contributed by atoms with Gasteiger partial charge in [0.2, 0.25) is 5.91 Å². The zero-order chi connectivity index (χ0) is 58.8. The van der Waals surface area contributed by atoms with E-state index in [1.807, 2.05) is 153 Å². The largest absolute Gasteiger partial charge is 0.488 e. The fourth-order valence-electron chi connectivity index (χ4n) is 8.85. The number of benzene rings is 6. The van der Waals surface area contributed by atoms with E-state index >= 15 is 0 Å². The van der Waals surface area contributed by atoms with E-state index in [4.69, 9.17) is 30.1 Å². The number of fused-ring (bicyclic) bond motifs is 2. The summed E-state index contributed by atoms with van der Waals surface area (Å²) in [7, 11) is 1.46. The van der Waals surface area contributed by atoms with Crippen molar-refractivity contribution in [3.05, 3.63) is 204 Å². The second kappa shape index (κ2) is 26.2. The zero-order valence-electron chi connectivity index (χ0n) is 48.0. The van der Waals surface area contributed by atoms with E-state index in [9.17, 15) is 14.4 Å². The normalized spacial score (nSPS) is 11.2. The number of carbonyl (C=O) groups excluding carboxylic acids is 3. The van der Waals surface area contributed by atoms with Crippen LogP contribution in [0, 0.1) is 13.8 Å². The second-order valence-electron chi connectivity index (χ2n) is 22.0. The number of amides is 5. The van der Waals surface area contributed by atoms with Gasteiger partial charge in [0.05, 0.1) is 57.9 Å². The molecule has 0 saturated heterocycles. The van der Waals surface area contributed by atoms with Crippen molar-refractivity contribution in [2.45, 2.75) is 86.9 Å². The predicted octanol–water partition coefficient (Wildman–Crippen LogP) is 14.3. The van der Waals surface area contributed by atoms with Gasteiger partial charge in [-0.3, -0.25) is 25.4 Å². The number of urea groups is 2. The van der Waals surface area contributed by atoms with Crippen molar-refractivity contribution in [3.8, 4) is 22.9 Å². The van der Waals surface area contributed by atoms with E-state index in [2.05, 4.69) is 78.1 Å². The Morgan fingerprint density at radius 2 is 0.940 bits per heavy atom. The summed E-state index contributed by atoms with van der Waals surface area (Å²) in [6.45, 7) is 17.0. The molecule has 18 nitrogen and oxygen atoms in total. The van der Waals surface area contributed by atoms with Gasteiger partial charge in [0, 0.05) is 75.1 Å². The van der Waals surface area contributed by atoms with Gasteiger partial charge in [-0.05, 0) is 74.5 Å². The Labute approximate surface area is 489 Å². The first-order chi connectivity index (χ1) is 39.8. The van der Waals surface area contributed by atoms with Crippen LogP contribution in [0.25, 0.3) is 32.9 Å². The molecule has 10 rings (SSSR count). The first kappa shape index (κ1) is 60.0. The zero-order valence-corrected chi connectivity index (χ0v) is 48.0. The summed E-state index contributed by atoms with van der Waals surface area (Å²) in [5.74, 6) is 2.19. The van der Waals surface area contributed by atoms with Crippen LogP contribution in [0.3, 0.4) is 0 Å². The Bertz CT molecular complexity index is 3940. The summed E-state index contributed by atoms with van der Waals surface area (Å²) in [5, 5.41) is 27.8. The minimum Gasteiger partial charge on any atom is -0.488 e. The first-order valence-electron chi connectivity index (χ1n) is 27.0. The number of nitrogens with two attached hydrogens (primary N) is 1. The van der Waals surface area contributed by atoms with Crippen LogP contribution < -0.4 is 41.8 Å². The van der Waals surface area contributed by atoms with Gasteiger partial charge in [-0.2, -0.15) is 10.2 Å². The summed E-state index contributed by atoms with van der Waals surface area (Å²) < 4.78 is 20.7. The molecule has 0 unspecified atom stereocenters.